The van der Waals surface area contributed by atoms with Gasteiger partial charge in [0.2, 0.25) is 10.9 Å². The van der Waals surface area contributed by atoms with Gasteiger partial charge in [-0.1, -0.05) is 23.5 Å². The summed E-state index contributed by atoms with van der Waals surface area (Å²) in [6, 6.07) is 12.0. The maximum absolute atomic E-state index is 10.4. The number of rotatable bonds is 14. The number of nitrogens with zero attached hydrogens (tertiary/aromatic N) is 8. The molecule has 0 radical (unpaired) electrons. The minimum atomic E-state index is 0.113. The molecule has 3 heterocycles. The van der Waals surface area contributed by atoms with Crippen LogP contribution in [0.1, 0.15) is 29.5 Å². The van der Waals surface area contributed by atoms with E-state index in [4.69, 9.17) is 9.47 Å². The summed E-state index contributed by atoms with van der Waals surface area (Å²) < 4.78 is 12.3. The van der Waals surface area contributed by atoms with Crippen molar-refractivity contribution in [2.75, 3.05) is 44.0 Å². The average molecular weight is 559 g/mol. The number of pyridine rings is 1. The molecule has 3 aromatic heterocycles. The standard InChI is InChI=1S/C26H26N10O3S/c1-17-19(14-28)24(29-10-6-12-39-16-37)32-25(30-9-5-11-38-2)22(17)33-34-23-18(13-27)15-36(35-23)26-31-20-7-3-4-8-21(20)40-26/h3-4,7-8,15-16H,5-6,9-12H2,1-2H3,(H2,29,30,32). The van der Waals surface area contributed by atoms with Crippen LogP contribution in [-0.4, -0.2) is 59.6 Å². The molecule has 0 unspecified atom stereocenters. The fourth-order valence-corrected chi connectivity index (χ4v) is 4.60. The van der Waals surface area contributed by atoms with Crippen molar-refractivity contribution in [3.63, 3.8) is 0 Å². The van der Waals surface area contributed by atoms with E-state index in [1.807, 2.05) is 24.3 Å². The zero-order valence-electron chi connectivity index (χ0n) is 21.9. The van der Waals surface area contributed by atoms with Crippen molar-refractivity contribution >= 4 is 51.2 Å². The summed E-state index contributed by atoms with van der Waals surface area (Å²) >= 11 is 1.44. The first kappa shape index (κ1) is 28.1. The number of fused-ring (bicyclic) bond motifs is 1. The van der Waals surface area contributed by atoms with Gasteiger partial charge in [0.05, 0.1) is 28.6 Å². The van der Waals surface area contributed by atoms with E-state index in [9.17, 15) is 15.3 Å². The Hall–Kier alpha value is -4.92. The molecular weight excluding hydrogens is 532 g/mol. The van der Waals surface area contributed by atoms with Crippen LogP contribution >= 0.6 is 11.3 Å². The number of hydrogen-bond acceptors (Lipinski definition) is 13. The van der Waals surface area contributed by atoms with Gasteiger partial charge in [-0.25, -0.2) is 14.6 Å². The lowest BCUT2D eigenvalue weighted by Crippen LogP contribution is -2.12. The Balaban J connectivity index is 1.66. The van der Waals surface area contributed by atoms with Gasteiger partial charge in [-0.3, -0.25) is 4.79 Å². The maximum atomic E-state index is 10.4. The monoisotopic (exact) mass is 558 g/mol. The van der Waals surface area contributed by atoms with Crippen LogP contribution in [0.2, 0.25) is 0 Å². The topological polar surface area (TPSA) is 175 Å². The number of benzene rings is 1. The molecule has 0 bridgehead atoms. The summed E-state index contributed by atoms with van der Waals surface area (Å²) in [4.78, 5) is 19.5. The number of methoxy groups -OCH3 is 1. The first-order valence-electron chi connectivity index (χ1n) is 12.3. The number of azo groups is 1. The highest BCUT2D eigenvalue weighted by Gasteiger charge is 2.18. The number of thiazole rings is 1. The largest absolute Gasteiger partial charge is 0.468 e. The number of nitrogens with one attached hydrogen (secondary N) is 2. The number of carbonyl (C=O) groups is 1. The Morgan fingerprint density at radius 2 is 1.85 bits per heavy atom. The number of anilines is 2. The first-order chi connectivity index (χ1) is 19.6. The fraction of sp³-hybridized carbons (Fsp3) is 0.308. The van der Waals surface area contributed by atoms with E-state index in [2.05, 4.69) is 48.1 Å². The highest BCUT2D eigenvalue weighted by atomic mass is 32.1. The Kier molecular flexibility index (Phi) is 9.66. The lowest BCUT2D eigenvalue weighted by Gasteiger charge is -2.15. The predicted molar refractivity (Wildman–Crippen MR) is 149 cm³/mol. The molecule has 13 nitrogen and oxygen atoms in total. The van der Waals surface area contributed by atoms with Crippen LogP contribution in [0, 0.1) is 29.6 Å². The Morgan fingerprint density at radius 1 is 1.07 bits per heavy atom. The number of aromatic nitrogens is 4. The fourth-order valence-electron chi connectivity index (χ4n) is 3.71. The van der Waals surface area contributed by atoms with E-state index in [1.165, 1.54) is 16.0 Å². The van der Waals surface area contributed by atoms with Crippen molar-refractivity contribution in [2.45, 2.75) is 19.8 Å². The molecule has 0 atom stereocenters. The third kappa shape index (κ3) is 6.55. The first-order valence-corrected chi connectivity index (χ1v) is 13.1. The van der Waals surface area contributed by atoms with Crippen molar-refractivity contribution in [1.29, 1.82) is 10.5 Å². The molecule has 204 valence electrons. The van der Waals surface area contributed by atoms with E-state index in [1.54, 1.807) is 20.2 Å². The van der Waals surface area contributed by atoms with E-state index >= 15 is 0 Å². The van der Waals surface area contributed by atoms with E-state index in [0.717, 1.165) is 10.2 Å². The highest BCUT2D eigenvalue weighted by molar-refractivity contribution is 7.20. The summed E-state index contributed by atoms with van der Waals surface area (Å²) in [5.74, 6) is 0.895. The van der Waals surface area contributed by atoms with Gasteiger partial charge in [0.15, 0.2) is 5.82 Å². The van der Waals surface area contributed by atoms with Gasteiger partial charge in [0.25, 0.3) is 6.47 Å². The highest BCUT2D eigenvalue weighted by Crippen LogP contribution is 2.35. The molecule has 1 aromatic carbocycles. The molecule has 0 aliphatic carbocycles. The number of para-hydroxylation sites is 1. The summed E-state index contributed by atoms with van der Waals surface area (Å²) in [6.45, 7) is 3.92. The van der Waals surface area contributed by atoms with Crippen LogP contribution in [-0.2, 0) is 14.3 Å². The van der Waals surface area contributed by atoms with Gasteiger partial charge < -0.3 is 20.1 Å². The predicted octanol–water partition coefficient (Wildman–Crippen LogP) is 4.77. The number of nitriles is 2. The molecule has 0 aliphatic rings. The van der Waals surface area contributed by atoms with Crippen molar-refractivity contribution < 1.29 is 14.3 Å². The van der Waals surface area contributed by atoms with E-state index in [-0.39, 0.29) is 18.0 Å². The van der Waals surface area contributed by atoms with Crippen LogP contribution in [0.4, 0.5) is 23.1 Å². The molecule has 4 rings (SSSR count). The van der Waals surface area contributed by atoms with Crippen LogP contribution in [0.25, 0.3) is 15.3 Å². The summed E-state index contributed by atoms with van der Waals surface area (Å²) in [7, 11) is 1.63. The summed E-state index contributed by atoms with van der Waals surface area (Å²) in [6.07, 6.45) is 2.81. The van der Waals surface area contributed by atoms with Gasteiger partial charge in [-0.15, -0.1) is 15.3 Å². The zero-order chi connectivity index (χ0) is 28.3. The Bertz CT molecular complexity index is 1570. The van der Waals surface area contributed by atoms with Crippen LogP contribution in [0.15, 0.2) is 40.7 Å². The minimum Gasteiger partial charge on any atom is -0.468 e. The quantitative estimate of drug-likeness (QED) is 0.125. The second-order valence-corrected chi connectivity index (χ2v) is 9.39. The second kappa shape index (κ2) is 13.7. The normalized spacial score (nSPS) is 10.9. The van der Waals surface area contributed by atoms with Crippen molar-refractivity contribution in [2.24, 2.45) is 10.2 Å². The van der Waals surface area contributed by atoms with E-state index in [0.29, 0.717) is 72.6 Å². The summed E-state index contributed by atoms with van der Waals surface area (Å²) in [5.41, 5.74) is 2.25. The number of ether oxygens (including phenoxy) is 2. The molecule has 0 spiro atoms. The molecule has 0 fully saturated rings. The minimum absolute atomic E-state index is 0.113. The molecule has 2 N–H and O–H groups in total. The molecule has 0 amide bonds. The third-order valence-corrected chi connectivity index (χ3v) is 6.71. The molecule has 0 saturated heterocycles. The second-order valence-electron chi connectivity index (χ2n) is 8.38. The van der Waals surface area contributed by atoms with Gasteiger partial charge in [0.1, 0.15) is 29.2 Å². The summed E-state index contributed by atoms with van der Waals surface area (Å²) in [5, 5.41) is 39.7. The van der Waals surface area contributed by atoms with Crippen LogP contribution in [0.5, 0.6) is 0 Å². The van der Waals surface area contributed by atoms with Gasteiger partial charge >= 0.3 is 0 Å². The maximum Gasteiger partial charge on any atom is 0.293 e. The number of hydrogen-bond donors (Lipinski definition) is 2. The molecule has 14 heteroatoms. The Morgan fingerprint density at radius 3 is 2.58 bits per heavy atom. The van der Waals surface area contributed by atoms with Gasteiger partial charge in [-0.2, -0.15) is 10.5 Å². The zero-order valence-corrected chi connectivity index (χ0v) is 22.7. The smallest absolute Gasteiger partial charge is 0.293 e. The molecule has 40 heavy (non-hydrogen) atoms. The molecule has 0 aliphatic heterocycles. The molecule has 4 aromatic rings. The van der Waals surface area contributed by atoms with Crippen LogP contribution in [0.3, 0.4) is 0 Å². The van der Waals surface area contributed by atoms with Gasteiger partial charge in [-0.05, 0) is 31.9 Å². The van der Waals surface area contributed by atoms with E-state index < -0.39 is 0 Å². The van der Waals surface area contributed by atoms with Gasteiger partial charge in [0, 0.05) is 32.4 Å². The van der Waals surface area contributed by atoms with Crippen LogP contribution < -0.4 is 10.6 Å². The van der Waals surface area contributed by atoms with Crippen molar-refractivity contribution in [1.82, 2.24) is 19.7 Å². The average Bonchev–Trinajstić information content (AvgIpc) is 3.59. The third-order valence-electron chi connectivity index (χ3n) is 5.68. The lowest BCUT2D eigenvalue weighted by molar-refractivity contribution is -0.128. The molecule has 0 saturated carbocycles. The lowest BCUT2D eigenvalue weighted by atomic mass is 10.1. The molecular formula is C26H26N10O3S. The van der Waals surface area contributed by atoms with Crippen molar-refractivity contribution in [3.05, 3.63) is 47.2 Å². The van der Waals surface area contributed by atoms with Crippen molar-refractivity contribution in [3.8, 4) is 17.3 Å². The Labute approximate surface area is 234 Å². The SMILES string of the molecule is COCCCNc1nc(NCCCOC=O)c(C#N)c(C)c1N=Nc1nn(-c2nc3ccccc3s2)cc1C#N. The number of carbonyl (C=O) groups excluding carboxylic acids is 1.